The van der Waals surface area contributed by atoms with E-state index in [4.69, 9.17) is 10.5 Å². The molecule has 0 saturated carbocycles. The van der Waals surface area contributed by atoms with E-state index < -0.39 is 0 Å². The van der Waals surface area contributed by atoms with Crippen LogP contribution < -0.4 is 20.7 Å². The van der Waals surface area contributed by atoms with E-state index in [1.165, 1.54) is 0 Å². The molecule has 2 aromatic rings. The minimum absolute atomic E-state index is 0.198. The largest absolute Gasteiger partial charge is 0.495 e. The smallest absolute Gasteiger partial charge is 0.229 e. The molecule has 8 heteroatoms. The predicted octanol–water partition coefficient (Wildman–Crippen LogP) is 2.53. The van der Waals surface area contributed by atoms with Gasteiger partial charge < -0.3 is 25.8 Å². The average molecular weight is 394 g/mol. The van der Waals surface area contributed by atoms with Gasteiger partial charge in [-0.2, -0.15) is 4.98 Å². The molecule has 128 valence electrons. The van der Waals surface area contributed by atoms with E-state index in [1.807, 2.05) is 18.2 Å². The summed E-state index contributed by atoms with van der Waals surface area (Å²) < 4.78 is 6.07. The highest BCUT2D eigenvalue weighted by molar-refractivity contribution is 9.10. The molecule has 1 aliphatic rings. The lowest BCUT2D eigenvalue weighted by Gasteiger charge is -2.31. The van der Waals surface area contributed by atoms with Crippen molar-refractivity contribution >= 4 is 39.1 Å². The van der Waals surface area contributed by atoms with Gasteiger partial charge in [0, 0.05) is 25.0 Å². The van der Waals surface area contributed by atoms with Crippen LogP contribution in [-0.4, -0.2) is 41.4 Å². The van der Waals surface area contributed by atoms with Crippen LogP contribution in [0.3, 0.4) is 0 Å². The molecule has 2 heterocycles. The van der Waals surface area contributed by atoms with Crippen molar-refractivity contribution in [2.75, 3.05) is 36.1 Å². The number of rotatable bonds is 4. The van der Waals surface area contributed by atoms with Crippen LogP contribution in [0.1, 0.15) is 12.8 Å². The fourth-order valence-electron chi connectivity index (χ4n) is 2.68. The van der Waals surface area contributed by atoms with Gasteiger partial charge in [-0.3, -0.25) is 0 Å². The molecule has 0 spiro atoms. The Bertz CT molecular complexity index is 720. The van der Waals surface area contributed by atoms with Crippen molar-refractivity contribution in [3.63, 3.8) is 0 Å². The van der Waals surface area contributed by atoms with Gasteiger partial charge in [-0.15, -0.1) is 0 Å². The van der Waals surface area contributed by atoms with Crippen LogP contribution in [0.5, 0.6) is 5.75 Å². The van der Waals surface area contributed by atoms with Crippen LogP contribution in [0, 0.1) is 0 Å². The Kier molecular flexibility index (Phi) is 5.06. The summed E-state index contributed by atoms with van der Waals surface area (Å²) >= 11 is 3.28. The third-order valence-corrected chi connectivity index (χ3v) is 4.64. The molecule has 0 radical (unpaired) electrons. The Morgan fingerprint density at radius 3 is 2.79 bits per heavy atom. The standard InChI is InChI=1S/C16H20BrN5O2/c1-24-14-3-2-10(22-6-4-11(23)5-7-22)8-13(14)20-16-19-9-12(17)15(18)21-16/h2-3,8-9,11,23H,4-7H2,1H3,(H3,18,19,20,21). The van der Waals surface area contributed by atoms with Gasteiger partial charge in [0.05, 0.1) is 23.4 Å². The maximum absolute atomic E-state index is 9.66. The van der Waals surface area contributed by atoms with Gasteiger partial charge in [0.25, 0.3) is 0 Å². The van der Waals surface area contributed by atoms with E-state index >= 15 is 0 Å². The topological polar surface area (TPSA) is 96.5 Å². The lowest BCUT2D eigenvalue weighted by atomic mass is 10.1. The number of aromatic nitrogens is 2. The molecular formula is C16H20BrN5O2. The summed E-state index contributed by atoms with van der Waals surface area (Å²) in [4.78, 5) is 10.7. The number of nitrogens with two attached hydrogens (primary N) is 1. The van der Waals surface area contributed by atoms with Crippen molar-refractivity contribution in [1.82, 2.24) is 9.97 Å². The van der Waals surface area contributed by atoms with Gasteiger partial charge in [0.15, 0.2) is 0 Å². The number of hydrogen-bond donors (Lipinski definition) is 3. The molecule has 0 aliphatic carbocycles. The quantitative estimate of drug-likeness (QED) is 0.733. The molecule has 7 nitrogen and oxygen atoms in total. The molecule has 3 rings (SSSR count). The number of aliphatic hydroxyl groups is 1. The van der Waals surface area contributed by atoms with Gasteiger partial charge in [-0.05, 0) is 47.0 Å². The molecule has 1 aliphatic heterocycles. The fraction of sp³-hybridized carbons (Fsp3) is 0.375. The summed E-state index contributed by atoms with van der Waals surface area (Å²) in [5.74, 6) is 1.47. The van der Waals surface area contributed by atoms with Crippen molar-refractivity contribution in [1.29, 1.82) is 0 Å². The Morgan fingerprint density at radius 2 is 2.12 bits per heavy atom. The maximum Gasteiger partial charge on any atom is 0.229 e. The number of halogens is 1. The Morgan fingerprint density at radius 1 is 1.38 bits per heavy atom. The summed E-state index contributed by atoms with van der Waals surface area (Å²) in [6.07, 6.45) is 2.96. The first-order valence-corrected chi connectivity index (χ1v) is 8.52. The van der Waals surface area contributed by atoms with Crippen LogP contribution >= 0.6 is 15.9 Å². The zero-order valence-corrected chi connectivity index (χ0v) is 15.0. The van der Waals surface area contributed by atoms with Gasteiger partial charge in [0.2, 0.25) is 5.95 Å². The molecule has 1 aromatic heterocycles. The normalized spacial score (nSPS) is 15.4. The van der Waals surface area contributed by atoms with E-state index in [0.717, 1.165) is 37.3 Å². The summed E-state index contributed by atoms with van der Waals surface area (Å²) in [5, 5.41) is 12.8. The lowest BCUT2D eigenvalue weighted by molar-refractivity contribution is 0.145. The number of nitrogen functional groups attached to an aromatic ring is 1. The monoisotopic (exact) mass is 393 g/mol. The van der Waals surface area contributed by atoms with Gasteiger partial charge >= 0.3 is 0 Å². The maximum atomic E-state index is 9.66. The van der Waals surface area contributed by atoms with Crippen molar-refractivity contribution < 1.29 is 9.84 Å². The zero-order valence-electron chi connectivity index (χ0n) is 13.4. The van der Waals surface area contributed by atoms with Crippen LogP contribution in [0.15, 0.2) is 28.9 Å². The van der Waals surface area contributed by atoms with E-state index in [-0.39, 0.29) is 6.10 Å². The van der Waals surface area contributed by atoms with Crippen molar-refractivity contribution in [2.24, 2.45) is 0 Å². The third kappa shape index (κ3) is 3.70. The Balaban J connectivity index is 1.85. The number of aliphatic hydroxyl groups excluding tert-OH is 1. The number of methoxy groups -OCH3 is 1. The number of nitrogens with one attached hydrogen (secondary N) is 1. The summed E-state index contributed by atoms with van der Waals surface area (Å²) in [5.41, 5.74) is 7.64. The molecule has 0 atom stereocenters. The lowest BCUT2D eigenvalue weighted by Crippen LogP contribution is -2.35. The zero-order chi connectivity index (χ0) is 17.1. The first-order valence-electron chi connectivity index (χ1n) is 7.73. The van der Waals surface area contributed by atoms with Crippen molar-refractivity contribution in [3.8, 4) is 5.75 Å². The van der Waals surface area contributed by atoms with Crippen LogP contribution in [0.25, 0.3) is 0 Å². The molecule has 4 N–H and O–H groups in total. The number of piperidine rings is 1. The molecule has 0 amide bonds. The van der Waals surface area contributed by atoms with Crippen molar-refractivity contribution in [3.05, 3.63) is 28.9 Å². The number of anilines is 4. The number of nitrogens with zero attached hydrogens (tertiary/aromatic N) is 3. The van der Waals surface area contributed by atoms with Gasteiger partial charge in [-0.25, -0.2) is 4.98 Å². The van der Waals surface area contributed by atoms with Crippen molar-refractivity contribution in [2.45, 2.75) is 18.9 Å². The molecule has 1 fully saturated rings. The van der Waals surface area contributed by atoms with E-state index in [1.54, 1.807) is 13.3 Å². The number of hydrogen-bond acceptors (Lipinski definition) is 7. The third-order valence-electron chi connectivity index (χ3n) is 4.03. The highest BCUT2D eigenvalue weighted by atomic mass is 79.9. The number of benzene rings is 1. The second-order valence-electron chi connectivity index (χ2n) is 5.65. The molecule has 0 unspecified atom stereocenters. The Hall–Kier alpha value is -2.06. The SMILES string of the molecule is COc1ccc(N2CCC(O)CC2)cc1Nc1ncc(Br)c(N)n1. The van der Waals surface area contributed by atoms with E-state index in [9.17, 15) is 5.11 Å². The van der Waals surface area contributed by atoms with Gasteiger partial charge in [-0.1, -0.05) is 0 Å². The highest BCUT2D eigenvalue weighted by Gasteiger charge is 2.18. The fourth-order valence-corrected chi connectivity index (χ4v) is 2.87. The predicted molar refractivity (Wildman–Crippen MR) is 97.9 cm³/mol. The van der Waals surface area contributed by atoms with Crippen LogP contribution in [-0.2, 0) is 0 Å². The van der Waals surface area contributed by atoms with Crippen LogP contribution in [0.4, 0.5) is 23.1 Å². The second-order valence-corrected chi connectivity index (χ2v) is 6.51. The Labute approximate surface area is 149 Å². The minimum atomic E-state index is -0.198. The average Bonchev–Trinajstić information content (AvgIpc) is 2.59. The highest BCUT2D eigenvalue weighted by Crippen LogP contribution is 2.32. The molecule has 1 aromatic carbocycles. The minimum Gasteiger partial charge on any atom is -0.495 e. The summed E-state index contributed by atoms with van der Waals surface area (Å²) in [6, 6.07) is 5.92. The summed E-state index contributed by atoms with van der Waals surface area (Å²) in [7, 11) is 1.62. The molecule has 1 saturated heterocycles. The summed E-state index contributed by atoms with van der Waals surface area (Å²) in [6.45, 7) is 1.66. The van der Waals surface area contributed by atoms with Gasteiger partial charge in [0.1, 0.15) is 11.6 Å². The van der Waals surface area contributed by atoms with Crippen LogP contribution in [0.2, 0.25) is 0 Å². The first-order chi connectivity index (χ1) is 11.6. The second kappa shape index (κ2) is 7.23. The van der Waals surface area contributed by atoms with E-state index in [2.05, 4.69) is 36.1 Å². The number of ether oxygens (including phenoxy) is 1. The van der Waals surface area contributed by atoms with E-state index in [0.29, 0.717) is 22.0 Å². The first kappa shape index (κ1) is 16.8. The molecule has 24 heavy (non-hydrogen) atoms. The molecular weight excluding hydrogens is 374 g/mol. The molecule has 0 bridgehead atoms.